The van der Waals surface area contributed by atoms with Crippen molar-refractivity contribution in [1.29, 1.82) is 0 Å². The van der Waals surface area contributed by atoms with Gasteiger partial charge in [-0.3, -0.25) is 0 Å². The molecule has 222 valence electrons. The van der Waals surface area contributed by atoms with Gasteiger partial charge in [0.25, 0.3) is 0 Å². The van der Waals surface area contributed by atoms with Crippen LogP contribution in [0, 0.1) is 11.8 Å². The predicted molar refractivity (Wildman–Crippen MR) is 166 cm³/mol. The van der Waals surface area contributed by atoms with Crippen LogP contribution in [-0.4, -0.2) is 61.3 Å². The Hall–Kier alpha value is -2.28. The van der Waals surface area contributed by atoms with Gasteiger partial charge in [0.2, 0.25) is 5.72 Å². The standard InChI is InChI=1S/C33H43Cl2N3O3/c1-37(2)30(25-15-19-28(35)20-16-25)24-11-13-26(14-12-24)31-33(41-32(39)40-3,21-23-9-17-27(34)18-10-23)36-22-38(31)29-7-5-4-6-8-29/h9-10,15-20,22,24,26,29-31H,4-8,11-14,21H2,1-3H3. The number of benzene rings is 2. The molecular formula is C33H43Cl2N3O3. The molecule has 2 saturated carbocycles. The molecule has 2 fully saturated rings. The van der Waals surface area contributed by atoms with Crippen LogP contribution in [0.1, 0.15) is 75.0 Å². The molecule has 41 heavy (non-hydrogen) atoms. The first-order chi connectivity index (χ1) is 19.8. The quantitative estimate of drug-likeness (QED) is 0.286. The zero-order valence-corrected chi connectivity index (χ0v) is 26.0. The lowest BCUT2D eigenvalue weighted by molar-refractivity contribution is -0.0784. The maximum Gasteiger partial charge on any atom is 0.510 e. The molecule has 3 unspecified atom stereocenters. The van der Waals surface area contributed by atoms with Crippen LogP contribution in [0.2, 0.25) is 10.0 Å². The number of methoxy groups -OCH3 is 1. The Bertz CT molecular complexity index is 1180. The number of halogens is 2. The summed E-state index contributed by atoms with van der Waals surface area (Å²) in [7, 11) is 5.71. The summed E-state index contributed by atoms with van der Waals surface area (Å²) >= 11 is 12.4. The molecule has 2 aromatic carbocycles. The van der Waals surface area contributed by atoms with Gasteiger partial charge in [0.05, 0.1) is 19.5 Å². The Morgan fingerprint density at radius 3 is 2.15 bits per heavy atom. The van der Waals surface area contributed by atoms with Gasteiger partial charge in [0, 0.05) is 28.5 Å². The molecule has 1 heterocycles. The van der Waals surface area contributed by atoms with Crippen molar-refractivity contribution in [2.75, 3.05) is 21.2 Å². The van der Waals surface area contributed by atoms with Crippen LogP contribution in [0.25, 0.3) is 0 Å². The summed E-state index contributed by atoms with van der Waals surface area (Å²) in [6.07, 6.45) is 12.1. The number of hydrogen-bond acceptors (Lipinski definition) is 6. The van der Waals surface area contributed by atoms with E-state index in [1.54, 1.807) is 0 Å². The fourth-order valence-corrected chi connectivity index (χ4v) is 7.89. The summed E-state index contributed by atoms with van der Waals surface area (Å²) in [4.78, 5) is 22.6. The average Bonchev–Trinajstić information content (AvgIpc) is 3.34. The van der Waals surface area contributed by atoms with Crippen molar-refractivity contribution in [3.63, 3.8) is 0 Å². The first-order valence-corrected chi connectivity index (χ1v) is 15.8. The van der Waals surface area contributed by atoms with E-state index in [0.29, 0.717) is 35.4 Å². The molecule has 0 saturated heterocycles. The van der Waals surface area contributed by atoms with Gasteiger partial charge in [0.1, 0.15) is 0 Å². The Kier molecular flexibility index (Phi) is 9.83. The van der Waals surface area contributed by atoms with Gasteiger partial charge in [-0.1, -0.05) is 66.7 Å². The normalized spacial score (nSPS) is 27.7. The highest BCUT2D eigenvalue weighted by Gasteiger charge is 2.54. The Morgan fingerprint density at radius 2 is 1.56 bits per heavy atom. The van der Waals surface area contributed by atoms with Gasteiger partial charge in [0.15, 0.2) is 0 Å². The highest BCUT2D eigenvalue weighted by Crippen LogP contribution is 2.47. The predicted octanol–water partition coefficient (Wildman–Crippen LogP) is 8.17. The maximum absolute atomic E-state index is 12.8. The molecule has 6 nitrogen and oxygen atoms in total. The third-order valence-electron chi connectivity index (χ3n) is 9.46. The van der Waals surface area contributed by atoms with E-state index in [2.05, 4.69) is 36.0 Å². The SMILES string of the molecule is COC(=O)OC1(Cc2ccc(Cl)cc2)N=CN(C2CCCCC2)C1C1CCC(C(c2ccc(Cl)cc2)N(C)C)CC1. The second-order valence-electron chi connectivity index (χ2n) is 12.3. The van der Waals surface area contributed by atoms with Crippen LogP contribution in [-0.2, 0) is 15.9 Å². The van der Waals surface area contributed by atoms with E-state index in [-0.39, 0.29) is 6.04 Å². The lowest BCUT2D eigenvalue weighted by Crippen LogP contribution is -2.57. The van der Waals surface area contributed by atoms with Crippen LogP contribution in [0.4, 0.5) is 4.79 Å². The average molecular weight is 601 g/mol. The number of hydrogen-bond donors (Lipinski definition) is 0. The van der Waals surface area contributed by atoms with Crippen molar-refractivity contribution >= 4 is 35.7 Å². The van der Waals surface area contributed by atoms with E-state index in [4.69, 9.17) is 37.7 Å². The smallest absolute Gasteiger partial charge is 0.438 e. The largest absolute Gasteiger partial charge is 0.510 e. The second-order valence-corrected chi connectivity index (χ2v) is 13.1. The van der Waals surface area contributed by atoms with Gasteiger partial charge in [-0.25, -0.2) is 9.79 Å². The minimum Gasteiger partial charge on any atom is -0.438 e. The van der Waals surface area contributed by atoms with Crippen LogP contribution >= 0.6 is 23.2 Å². The zero-order chi connectivity index (χ0) is 29.0. The van der Waals surface area contributed by atoms with E-state index < -0.39 is 11.9 Å². The van der Waals surface area contributed by atoms with Crippen LogP contribution < -0.4 is 0 Å². The molecule has 3 aliphatic rings. The van der Waals surface area contributed by atoms with Gasteiger partial charge in [-0.2, -0.15) is 0 Å². The van der Waals surface area contributed by atoms with E-state index >= 15 is 0 Å². The van der Waals surface area contributed by atoms with Crippen molar-refractivity contribution in [3.8, 4) is 0 Å². The fraction of sp³-hybridized carbons (Fsp3) is 0.576. The van der Waals surface area contributed by atoms with Gasteiger partial charge in [-0.05, 0) is 99.8 Å². The Morgan fingerprint density at radius 1 is 0.951 bits per heavy atom. The maximum atomic E-state index is 12.8. The van der Waals surface area contributed by atoms with Crippen molar-refractivity contribution < 1.29 is 14.3 Å². The Labute approximate surface area is 255 Å². The summed E-state index contributed by atoms with van der Waals surface area (Å²) < 4.78 is 11.3. The third kappa shape index (κ3) is 6.87. The van der Waals surface area contributed by atoms with Crippen LogP contribution in [0.3, 0.4) is 0 Å². The van der Waals surface area contributed by atoms with Crippen molar-refractivity contribution in [2.45, 2.75) is 88.1 Å². The molecule has 0 aromatic heterocycles. The lowest BCUT2D eigenvalue weighted by atomic mass is 9.71. The summed E-state index contributed by atoms with van der Waals surface area (Å²) in [5.74, 6) is 0.862. The minimum absolute atomic E-state index is 0.0466. The molecule has 2 aliphatic carbocycles. The van der Waals surface area contributed by atoms with Crippen molar-refractivity contribution in [3.05, 3.63) is 69.7 Å². The van der Waals surface area contributed by atoms with Gasteiger partial charge in [-0.15, -0.1) is 0 Å². The van der Waals surface area contributed by atoms with Crippen LogP contribution in [0.15, 0.2) is 53.5 Å². The van der Waals surface area contributed by atoms with Gasteiger partial charge < -0.3 is 19.3 Å². The molecule has 1 aliphatic heterocycles. The number of aliphatic imine (C=N–C) groups is 1. The van der Waals surface area contributed by atoms with Crippen molar-refractivity contribution in [1.82, 2.24) is 9.80 Å². The highest BCUT2D eigenvalue weighted by atomic mass is 35.5. The number of ether oxygens (including phenoxy) is 2. The molecule has 3 atom stereocenters. The van der Waals surface area contributed by atoms with Crippen molar-refractivity contribution in [2.24, 2.45) is 16.8 Å². The molecule has 0 spiro atoms. The summed E-state index contributed by atoms with van der Waals surface area (Å²) in [5.41, 5.74) is 1.30. The second kappa shape index (κ2) is 13.4. The zero-order valence-electron chi connectivity index (χ0n) is 24.5. The molecular weight excluding hydrogens is 557 g/mol. The molecule has 0 N–H and O–H groups in total. The lowest BCUT2D eigenvalue weighted by Gasteiger charge is -2.47. The number of carbonyl (C=O) groups is 1. The first kappa shape index (κ1) is 30.2. The van der Waals surface area contributed by atoms with Crippen LogP contribution in [0.5, 0.6) is 0 Å². The summed E-state index contributed by atoms with van der Waals surface area (Å²) in [5, 5.41) is 1.45. The van der Waals surface area contributed by atoms with E-state index in [0.717, 1.165) is 49.1 Å². The van der Waals surface area contributed by atoms with E-state index in [9.17, 15) is 4.79 Å². The monoisotopic (exact) mass is 599 g/mol. The molecule has 0 bridgehead atoms. The molecule has 0 amide bonds. The Balaban J connectivity index is 1.43. The summed E-state index contributed by atoms with van der Waals surface area (Å²) in [6, 6.07) is 16.8. The summed E-state index contributed by atoms with van der Waals surface area (Å²) in [6.45, 7) is 0. The number of carbonyl (C=O) groups excluding carboxylic acids is 1. The van der Waals surface area contributed by atoms with Gasteiger partial charge >= 0.3 is 6.16 Å². The topological polar surface area (TPSA) is 54.4 Å². The minimum atomic E-state index is -1.05. The first-order valence-electron chi connectivity index (χ1n) is 15.1. The number of rotatable bonds is 8. The molecule has 2 aromatic rings. The molecule has 0 radical (unpaired) electrons. The fourth-order valence-electron chi connectivity index (χ4n) is 7.64. The number of nitrogens with zero attached hydrogens (tertiary/aromatic N) is 3. The third-order valence-corrected chi connectivity index (χ3v) is 9.97. The van der Waals surface area contributed by atoms with E-state index in [1.807, 2.05) is 42.7 Å². The van der Waals surface area contributed by atoms with E-state index in [1.165, 1.54) is 31.9 Å². The molecule has 8 heteroatoms. The highest BCUT2D eigenvalue weighted by molar-refractivity contribution is 6.30. The molecule has 5 rings (SSSR count).